The van der Waals surface area contributed by atoms with Crippen LogP contribution in [0.5, 0.6) is 0 Å². The Morgan fingerprint density at radius 3 is 2.77 bits per heavy atom. The summed E-state index contributed by atoms with van der Waals surface area (Å²) in [6.07, 6.45) is 9.33. The van der Waals surface area contributed by atoms with Crippen LogP contribution < -0.4 is 9.62 Å². The van der Waals surface area contributed by atoms with Crippen molar-refractivity contribution in [3.05, 3.63) is 46.4 Å². The second kappa shape index (κ2) is 9.44. The highest BCUT2D eigenvalue weighted by atomic mass is 32.2. The minimum atomic E-state index is -3.39. The van der Waals surface area contributed by atoms with E-state index < -0.39 is 10.0 Å². The number of allylic oxidation sites excluding steroid dienone is 1. The van der Waals surface area contributed by atoms with Crippen molar-refractivity contribution in [3.63, 3.8) is 0 Å². The number of nitrogens with one attached hydrogen (secondary N) is 1. The Kier molecular flexibility index (Phi) is 6.86. The molecule has 1 atom stereocenters. The van der Waals surface area contributed by atoms with Gasteiger partial charge >= 0.3 is 0 Å². The highest BCUT2D eigenvalue weighted by Gasteiger charge is 2.32. The van der Waals surface area contributed by atoms with Gasteiger partial charge in [-0.15, -0.1) is 0 Å². The Morgan fingerprint density at radius 1 is 1.26 bits per heavy atom. The molecule has 31 heavy (non-hydrogen) atoms. The SMILES string of the molecule is CNS(=O)(=O)CCN1C(=O)C(=Cc2ccc(N3CC[C@@H]4CCCC=C4C3)cc2)SC1=S. The number of carbonyl (C=O) groups is 1. The fraction of sp³-hybridized carbons (Fsp3) is 0.455. The molecule has 0 aromatic heterocycles. The molecule has 2 aliphatic heterocycles. The smallest absolute Gasteiger partial charge is 0.266 e. The third-order valence-corrected chi connectivity index (χ3v) is 8.85. The topological polar surface area (TPSA) is 69.7 Å². The van der Waals surface area contributed by atoms with Crippen molar-refractivity contribution in [1.82, 2.24) is 9.62 Å². The summed E-state index contributed by atoms with van der Waals surface area (Å²) >= 11 is 6.50. The fourth-order valence-electron chi connectivity index (χ4n) is 4.30. The molecule has 2 saturated heterocycles. The first kappa shape index (κ1) is 22.5. The number of piperidine rings is 1. The number of thiocarbonyl (C=S) groups is 1. The molecule has 3 aliphatic rings. The molecule has 4 rings (SSSR count). The van der Waals surface area contributed by atoms with Crippen LogP contribution in [0, 0.1) is 5.92 Å². The molecule has 2 fully saturated rings. The molecule has 2 heterocycles. The highest BCUT2D eigenvalue weighted by molar-refractivity contribution is 8.26. The van der Waals surface area contributed by atoms with Crippen LogP contribution >= 0.6 is 24.0 Å². The van der Waals surface area contributed by atoms with Gasteiger partial charge in [-0.25, -0.2) is 13.1 Å². The molecule has 0 bridgehead atoms. The molecule has 1 aromatic carbocycles. The lowest BCUT2D eigenvalue weighted by Gasteiger charge is -2.37. The molecule has 1 amide bonds. The Balaban J connectivity index is 1.42. The first-order valence-electron chi connectivity index (χ1n) is 10.6. The molecule has 0 radical (unpaired) electrons. The summed E-state index contributed by atoms with van der Waals surface area (Å²) in [5.74, 6) is 0.358. The predicted molar refractivity (Wildman–Crippen MR) is 131 cm³/mol. The minimum Gasteiger partial charge on any atom is -0.368 e. The van der Waals surface area contributed by atoms with E-state index in [4.69, 9.17) is 12.2 Å². The summed E-state index contributed by atoms with van der Waals surface area (Å²) in [4.78, 5) is 17.0. The van der Waals surface area contributed by atoms with Gasteiger partial charge in [-0.3, -0.25) is 9.69 Å². The molecule has 0 saturated carbocycles. The number of amides is 1. The van der Waals surface area contributed by atoms with Gasteiger partial charge in [-0.2, -0.15) is 0 Å². The first-order chi connectivity index (χ1) is 14.9. The average molecular weight is 478 g/mol. The number of hydrogen-bond donors (Lipinski definition) is 1. The van der Waals surface area contributed by atoms with E-state index in [0.717, 1.165) is 24.6 Å². The van der Waals surface area contributed by atoms with Gasteiger partial charge in [0.15, 0.2) is 0 Å². The summed E-state index contributed by atoms with van der Waals surface area (Å²) < 4.78 is 26.0. The van der Waals surface area contributed by atoms with Crippen molar-refractivity contribution >= 4 is 56.0 Å². The van der Waals surface area contributed by atoms with Gasteiger partial charge in [0.05, 0.1) is 10.7 Å². The van der Waals surface area contributed by atoms with Gasteiger partial charge in [0.1, 0.15) is 4.32 Å². The summed E-state index contributed by atoms with van der Waals surface area (Å²) in [7, 11) is -2.04. The molecule has 0 spiro atoms. The fourth-order valence-corrected chi connectivity index (χ4v) is 6.23. The van der Waals surface area contributed by atoms with E-state index in [9.17, 15) is 13.2 Å². The molecule has 1 aliphatic carbocycles. The lowest BCUT2D eigenvalue weighted by molar-refractivity contribution is -0.121. The average Bonchev–Trinajstić information content (AvgIpc) is 3.05. The second-order valence-electron chi connectivity index (χ2n) is 8.06. The summed E-state index contributed by atoms with van der Waals surface area (Å²) in [6.45, 7) is 2.14. The van der Waals surface area contributed by atoms with Crippen LogP contribution in [0.2, 0.25) is 0 Å². The Morgan fingerprint density at radius 2 is 2.03 bits per heavy atom. The van der Waals surface area contributed by atoms with E-state index >= 15 is 0 Å². The van der Waals surface area contributed by atoms with Crippen molar-refractivity contribution in [2.24, 2.45) is 5.92 Å². The second-order valence-corrected chi connectivity index (χ2v) is 11.8. The number of carbonyl (C=O) groups excluding carboxylic acids is 1. The maximum atomic E-state index is 12.7. The maximum absolute atomic E-state index is 12.7. The van der Waals surface area contributed by atoms with Crippen molar-refractivity contribution in [2.75, 3.05) is 37.3 Å². The number of thioether (sulfide) groups is 1. The van der Waals surface area contributed by atoms with Crippen LogP contribution in [-0.2, 0) is 14.8 Å². The molecule has 6 nitrogen and oxygen atoms in total. The molecule has 166 valence electrons. The molecule has 0 unspecified atom stereocenters. The lowest BCUT2D eigenvalue weighted by atomic mass is 9.82. The van der Waals surface area contributed by atoms with Crippen LogP contribution in [0.25, 0.3) is 6.08 Å². The predicted octanol–water partition coefficient (Wildman–Crippen LogP) is 3.37. The zero-order chi connectivity index (χ0) is 22.0. The number of benzene rings is 1. The third kappa shape index (κ3) is 5.22. The number of anilines is 1. The summed E-state index contributed by atoms with van der Waals surface area (Å²) in [5, 5.41) is 0. The van der Waals surface area contributed by atoms with Crippen LogP contribution in [0.3, 0.4) is 0 Å². The number of fused-ring (bicyclic) bond motifs is 1. The van der Waals surface area contributed by atoms with E-state index in [1.165, 1.54) is 55.1 Å². The summed E-state index contributed by atoms with van der Waals surface area (Å²) in [6, 6.07) is 8.26. The normalized spacial score (nSPS) is 23.3. The standard InChI is InChI=1S/C22H27N3O3S3/c1-23-31(27,28)13-12-25-21(26)20(30-22(25)29)14-16-6-8-19(9-7-16)24-11-10-17-4-2-3-5-18(17)15-24/h5-9,14,17,23H,2-4,10-13,15H2,1H3/t17-/m0/s1. The molecule has 9 heteroatoms. The monoisotopic (exact) mass is 477 g/mol. The van der Waals surface area contributed by atoms with Gasteiger partial charge in [-0.1, -0.05) is 47.8 Å². The third-order valence-electron chi connectivity index (χ3n) is 6.13. The van der Waals surface area contributed by atoms with Crippen LogP contribution in [0.4, 0.5) is 5.69 Å². The van der Waals surface area contributed by atoms with E-state index in [-0.39, 0.29) is 18.2 Å². The Labute approximate surface area is 193 Å². The number of hydrogen-bond acceptors (Lipinski definition) is 6. The van der Waals surface area contributed by atoms with Crippen molar-refractivity contribution in [3.8, 4) is 0 Å². The highest BCUT2D eigenvalue weighted by Crippen LogP contribution is 2.35. The molecular weight excluding hydrogens is 450 g/mol. The van der Waals surface area contributed by atoms with Gasteiger partial charge < -0.3 is 4.90 Å². The molecular formula is C22H27N3O3S3. The number of sulfonamides is 1. The number of rotatable bonds is 6. The minimum absolute atomic E-state index is 0.0515. The van der Waals surface area contributed by atoms with Crippen molar-refractivity contribution in [2.45, 2.75) is 25.7 Å². The Bertz CT molecular complexity index is 1030. The Hall–Kier alpha value is -1.68. The number of nitrogens with zero attached hydrogens (tertiary/aromatic N) is 2. The van der Waals surface area contributed by atoms with E-state index in [0.29, 0.717) is 9.23 Å². The van der Waals surface area contributed by atoms with E-state index in [2.05, 4.69) is 27.8 Å². The first-order valence-corrected chi connectivity index (χ1v) is 13.4. The molecule has 1 N–H and O–H groups in total. The van der Waals surface area contributed by atoms with Crippen molar-refractivity contribution < 1.29 is 13.2 Å². The van der Waals surface area contributed by atoms with Gasteiger partial charge in [0, 0.05) is 25.3 Å². The van der Waals surface area contributed by atoms with Crippen LogP contribution in [-0.4, -0.2) is 56.0 Å². The zero-order valence-electron chi connectivity index (χ0n) is 17.5. The van der Waals surface area contributed by atoms with Gasteiger partial charge in [0.2, 0.25) is 10.0 Å². The largest absolute Gasteiger partial charge is 0.368 e. The van der Waals surface area contributed by atoms with Crippen LogP contribution in [0.15, 0.2) is 40.8 Å². The van der Waals surface area contributed by atoms with Crippen LogP contribution in [0.1, 0.15) is 31.2 Å². The van der Waals surface area contributed by atoms with Crippen molar-refractivity contribution in [1.29, 1.82) is 0 Å². The maximum Gasteiger partial charge on any atom is 0.266 e. The quantitative estimate of drug-likeness (QED) is 0.385. The molecule has 1 aromatic rings. The van der Waals surface area contributed by atoms with Gasteiger partial charge in [-0.05, 0) is 62.4 Å². The summed E-state index contributed by atoms with van der Waals surface area (Å²) in [5.41, 5.74) is 3.72. The van der Waals surface area contributed by atoms with E-state index in [1.807, 2.05) is 18.2 Å². The van der Waals surface area contributed by atoms with Gasteiger partial charge in [0.25, 0.3) is 5.91 Å². The lowest BCUT2D eigenvalue weighted by Crippen LogP contribution is -2.36. The van der Waals surface area contributed by atoms with E-state index in [1.54, 1.807) is 5.57 Å². The zero-order valence-corrected chi connectivity index (χ0v) is 20.0.